The fourth-order valence-electron chi connectivity index (χ4n) is 1.72. The quantitative estimate of drug-likeness (QED) is 0.558. The number of piperazine rings is 1. The van der Waals surface area contributed by atoms with Crippen LogP contribution < -0.4 is 5.32 Å². The van der Waals surface area contributed by atoms with Crippen LogP contribution in [-0.4, -0.2) is 47.9 Å². The lowest BCUT2D eigenvalue weighted by Gasteiger charge is -2.40. The predicted molar refractivity (Wildman–Crippen MR) is 64.7 cm³/mol. The first kappa shape index (κ1) is 14.6. The van der Waals surface area contributed by atoms with E-state index in [1.165, 1.54) is 4.90 Å². The van der Waals surface area contributed by atoms with Gasteiger partial charge in [0.15, 0.2) is 0 Å². The summed E-state index contributed by atoms with van der Waals surface area (Å²) >= 11 is 0. The van der Waals surface area contributed by atoms with Gasteiger partial charge in [0.2, 0.25) is 11.8 Å². The van der Waals surface area contributed by atoms with Gasteiger partial charge in [-0.2, -0.15) is 0 Å². The lowest BCUT2D eigenvalue weighted by Crippen LogP contribution is -2.65. The highest BCUT2D eigenvalue weighted by Crippen LogP contribution is 2.19. The first-order chi connectivity index (χ1) is 8.39. The van der Waals surface area contributed by atoms with Crippen LogP contribution in [0.15, 0.2) is 0 Å². The molecule has 0 aromatic heterocycles. The molecule has 6 heteroatoms. The van der Waals surface area contributed by atoms with Gasteiger partial charge in [-0.1, -0.05) is 6.92 Å². The third-order valence-corrected chi connectivity index (χ3v) is 2.89. The number of ether oxygens (including phenoxy) is 1. The molecule has 0 atom stereocenters. The van der Waals surface area contributed by atoms with Crippen molar-refractivity contribution in [2.75, 3.05) is 19.8 Å². The van der Waals surface area contributed by atoms with E-state index in [1.807, 2.05) is 6.92 Å². The van der Waals surface area contributed by atoms with Crippen LogP contribution >= 0.6 is 0 Å². The van der Waals surface area contributed by atoms with Gasteiger partial charge in [0.05, 0.1) is 13.0 Å². The van der Waals surface area contributed by atoms with E-state index in [9.17, 15) is 14.4 Å². The van der Waals surface area contributed by atoms with Crippen molar-refractivity contribution >= 4 is 17.7 Å². The molecule has 0 aromatic carbocycles. The van der Waals surface area contributed by atoms with E-state index in [2.05, 4.69) is 5.32 Å². The zero-order chi connectivity index (χ0) is 13.8. The van der Waals surface area contributed by atoms with Crippen molar-refractivity contribution in [3.63, 3.8) is 0 Å². The topological polar surface area (TPSA) is 75.7 Å². The SMILES string of the molecule is CCCOCCC(=O)N1CC(=O)NC(=O)C1(C)C. The van der Waals surface area contributed by atoms with Gasteiger partial charge in [0, 0.05) is 6.61 Å². The Morgan fingerprint density at radius 1 is 1.39 bits per heavy atom. The van der Waals surface area contributed by atoms with Crippen molar-refractivity contribution in [2.24, 2.45) is 0 Å². The van der Waals surface area contributed by atoms with Crippen LogP contribution in [0.3, 0.4) is 0 Å². The monoisotopic (exact) mass is 256 g/mol. The van der Waals surface area contributed by atoms with Crippen LogP contribution in [0.4, 0.5) is 0 Å². The van der Waals surface area contributed by atoms with E-state index in [0.29, 0.717) is 13.2 Å². The fraction of sp³-hybridized carbons (Fsp3) is 0.750. The van der Waals surface area contributed by atoms with Crippen LogP contribution in [-0.2, 0) is 19.1 Å². The molecule has 0 saturated carbocycles. The molecule has 0 radical (unpaired) electrons. The molecule has 0 spiro atoms. The van der Waals surface area contributed by atoms with Crippen LogP contribution in [0.25, 0.3) is 0 Å². The first-order valence-electron chi connectivity index (χ1n) is 6.12. The van der Waals surface area contributed by atoms with Gasteiger partial charge < -0.3 is 9.64 Å². The minimum atomic E-state index is -0.990. The number of hydrogen-bond acceptors (Lipinski definition) is 4. The maximum atomic E-state index is 12.0. The summed E-state index contributed by atoms with van der Waals surface area (Å²) in [6, 6.07) is 0. The molecule has 0 unspecified atom stereocenters. The van der Waals surface area contributed by atoms with Gasteiger partial charge >= 0.3 is 0 Å². The Balaban J connectivity index is 2.59. The standard InChI is InChI=1S/C12H20N2O4/c1-4-6-18-7-5-10(16)14-8-9(15)13-11(17)12(14,2)3/h4-8H2,1-3H3,(H,13,15,17). The summed E-state index contributed by atoms with van der Waals surface area (Å²) in [5.41, 5.74) is -0.990. The summed E-state index contributed by atoms with van der Waals surface area (Å²) in [6.07, 6.45) is 1.08. The molecule has 0 bridgehead atoms. The predicted octanol–water partition coefficient (Wildman–Crippen LogP) is 0.0667. The molecule has 18 heavy (non-hydrogen) atoms. The van der Waals surface area contributed by atoms with Crippen molar-refractivity contribution < 1.29 is 19.1 Å². The maximum absolute atomic E-state index is 12.0. The molecule has 1 rings (SSSR count). The molecule has 0 aromatic rings. The van der Waals surface area contributed by atoms with E-state index in [0.717, 1.165) is 6.42 Å². The molecule has 0 aliphatic carbocycles. The molecule has 1 aliphatic rings. The highest BCUT2D eigenvalue weighted by Gasteiger charge is 2.43. The minimum absolute atomic E-state index is 0.0780. The van der Waals surface area contributed by atoms with Gasteiger partial charge in [0.1, 0.15) is 12.1 Å². The van der Waals surface area contributed by atoms with E-state index >= 15 is 0 Å². The normalized spacial score (nSPS) is 18.7. The first-order valence-corrected chi connectivity index (χ1v) is 6.12. The Morgan fingerprint density at radius 2 is 2.06 bits per heavy atom. The Hall–Kier alpha value is -1.43. The largest absolute Gasteiger partial charge is 0.381 e. The maximum Gasteiger partial charge on any atom is 0.252 e. The summed E-state index contributed by atoms with van der Waals surface area (Å²) in [6.45, 7) is 6.08. The van der Waals surface area contributed by atoms with Crippen molar-refractivity contribution in [1.82, 2.24) is 10.2 Å². The second kappa shape index (κ2) is 5.95. The van der Waals surface area contributed by atoms with Crippen LogP contribution in [0, 0.1) is 0 Å². The van der Waals surface area contributed by atoms with Gasteiger partial charge in [-0.3, -0.25) is 19.7 Å². The number of nitrogens with one attached hydrogen (secondary N) is 1. The van der Waals surface area contributed by atoms with Crippen LogP contribution in [0.2, 0.25) is 0 Å². The van der Waals surface area contributed by atoms with Gasteiger partial charge in [-0.25, -0.2) is 0 Å². The molecule has 102 valence electrons. The lowest BCUT2D eigenvalue weighted by atomic mass is 9.98. The summed E-state index contributed by atoms with van der Waals surface area (Å²) < 4.78 is 5.23. The summed E-state index contributed by atoms with van der Waals surface area (Å²) in [4.78, 5) is 36.2. The Labute approximate surface area is 107 Å². The average molecular weight is 256 g/mol. The zero-order valence-corrected chi connectivity index (χ0v) is 11.1. The Kier molecular flexibility index (Phi) is 4.84. The van der Waals surface area contributed by atoms with Crippen LogP contribution in [0.1, 0.15) is 33.6 Å². The third kappa shape index (κ3) is 3.29. The number of hydrogen-bond donors (Lipinski definition) is 1. The Morgan fingerprint density at radius 3 is 2.67 bits per heavy atom. The van der Waals surface area contributed by atoms with E-state index in [-0.39, 0.29) is 18.9 Å². The molecule has 1 fully saturated rings. The highest BCUT2D eigenvalue weighted by atomic mass is 16.5. The third-order valence-electron chi connectivity index (χ3n) is 2.89. The second-order valence-corrected chi connectivity index (χ2v) is 4.78. The molecule has 1 aliphatic heterocycles. The molecule has 1 heterocycles. The molecular formula is C12H20N2O4. The van der Waals surface area contributed by atoms with Crippen molar-refractivity contribution in [3.8, 4) is 0 Å². The molecule has 6 nitrogen and oxygen atoms in total. The van der Waals surface area contributed by atoms with Crippen molar-refractivity contribution in [2.45, 2.75) is 39.2 Å². The zero-order valence-electron chi connectivity index (χ0n) is 11.1. The smallest absolute Gasteiger partial charge is 0.252 e. The summed E-state index contributed by atoms with van der Waals surface area (Å²) in [7, 11) is 0. The average Bonchev–Trinajstić information content (AvgIpc) is 2.29. The summed E-state index contributed by atoms with van der Waals surface area (Å²) in [5, 5.41) is 2.23. The van der Waals surface area contributed by atoms with E-state index in [4.69, 9.17) is 4.74 Å². The minimum Gasteiger partial charge on any atom is -0.381 e. The molecule has 1 saturated heterocycles. The molecule has 3 amide bonds. The van der Waals surface area contributed by atoms with Crippen LogP contribution in [0.5, 0.6) is 0 Å². The number of nitrogens with zero attached hydrogens (tertiary/aromatic N) is 1. The number of imide groups is 1. The summed E-state index contributed by atoms with van der Waals surface area (Å²) in [5.74, 6) is -1.12. The molecule has 1 N–H and O–H groups in total. The van der Waals surface area contributed by atoms with E-state index in [1.54, 1.807) is 13.8 Å². The van der Waals surface area contributed by atoms with Gasteiger partial charge in [0.25, 0.3) is 5.91 Å². The van der Waals surface area contributed by atoms with E-state index < -0.39 is 17.4 Å². The Bertz CT molecular complexity index is 352. The van der Waals surface area contributed by atoms with Gasteiger partial charge in [-0.15, -0.1) is 0 Å². The second-order valence-electron chi connectivity index (χ2n) is 4.78. The lowest BCUT2D eigenvalue weighted by molar-refractivity contribution is -0.156. The number of carbonyl (C=O) groups is 3. The highest BCUT2D eigenvalue weighted by molar-refractivity contribution is 6.06. The van der Waals surface area contributed by atoms with Crippen molar-refractivity contribution in [1.29, 1.82) is 0 Å². The van der Waals surface area contributed by atoms with Gasteiger partial charge in [-0.05, 0) is 20.3 Å². The number of rotatable bonds is 5. The number of amides is 3. The fourth-order valence-corrected chi connectivity index (χ4v) is 1.72. The number of carbonyl (C=O) groups excluding carboxylic acids is 3. The molecular weight excluding hydrogens is 236 g/mol. The van der Waals surface area contributed by atoms with Crippen molar-refractivity contribution in [3.05, 3.63) is 0 Å².